The number of rotatable bonds is 5. The number of hydrogen-bond acceptors (Lipinski definition) is 3. The van der Waals surface area contributed by atoms with E-state index in [-0.39, 0.29) is 5.56 Å². The van der Waals surface area contributed by atoms with Crippen LogP contribution in [0.25, 0.3) is 0 Å². The fourth-order valence-electron chi connectivity index (χ4n) is 1.26. The van der Waals surface area contributed by atoms with E-state index in [0.717, 1.165) is 0 Å². The molecule has 0 aliphatic rings. The van der Waals surface area contributed by atoms with E-state index in [1.54, 1.807) is 6.07 Å². The minimum absolute atomic E-state index is 0.132. The van der Waals surface area contributed by atoms with Crippen LogP contribution in [0.15, 0.2) is 30.3 Å². The summed E-state index contributed by atoms with van der Waals surface area (Å²) in [7, 11) is -4.33. The topological polar surface area (TPSA) is 63.2 Å². The Morgan fingerprint density at radius 2 is 1.79 bits per heavy atom. The van der Waals surface area contributed by atoms with Gasteiger partial charge in [0.1, 0.15) is 11.8 Å². The minimum atomic E-state index is -4.69. The van der Waals surface area contributed by atoms with Gasteiger partial charge in [0.05, 0.1) is 0 Å². The first-order valence-corrected chi connectivity index (χ1v) is 6.92. The molecular formula is C11H12F3NO3S. The monoisotopic (exact) mass is 295 g/mol. The molecule has 1 rings (SSSR count). The first-order valence-electron chi connectivity index (χ1n) is 5.27. The fraction of sp³-hybridized carbons (Fsp3) is 0.364. The summed E-state index contributed by atoms with van der Waals surface area (Å²) in [4.78, 5) is 11.6. The number of hydrogen-bond donors (Lipinski definition) is 1. The molecule has 0 saturated heterocycles. The Bertz CT molecular complexity index is 540. The number of Topliss-reactive ketones (excluding diaryl/α,β-unsaturated/α-hetero) is 1. The van der Waals surface area contributed by atoms with Gasteiger partial charge in [0, 0.05) is 5.56 Å². The van der Waals surface area contributed by atoms with Crippen molar-refractivity contribution in [2.45, 2.75) is 19.1 Å². The maximum absolute atomic E-state index is 12.2. The van der Waals surface area contributed by atoms with Gasteiger partial charge < -0.3 is 0 Å². The average Bonchev–Trinajstić information content (AvgIpc) is 2.27. The van der Waals surface area contributed by atoms with Gasteiger partial charge in [-0.25, -0.2) is 13.1 Å². The summed E-state index contributed by atoms with van der Waals surface area (Å²) in [6.07, 6.45) is -4.69. The number of ketones is 1. The third-order valence-corrected chi connectivity index (χ3v) is 3.62. The van der Waals surface area contributed by atoms with Crippen LogP contribution in [0.5, 0.6) is 0 Å². The van der Waals surface area contributed by atoms with Crippen molar-refractivity contribution >= 4 is 15.8 Å². The van der Waals surface area contributed by atoms with E-state index in [2.05, 4.69) is 0 Å². The number of carbonyl (C=O) groups excluding carboxylic acids is 1. The van der Waals surface area contributed by atoms with Crippen molar-refractivity contribution in [3.63, 3.8) is 0 Å². The van der Waals surface area contributed by atoms with Gasteiger partial charge >= 0.3 is 6.18 Å². The van der Waals surface area contributed by atoms with Crippen LogP contribution in [-0.2, 0) is 10.0 Å². The molecule has 0 radical (unpaired) electrons. The van der Waals surface area contributed by atoms with Crippen LogP contribution in [0.4, 0.5) is 13.2 Å². The van der Waals surface area contributed by atoms with Gasteiger partial charge in [-0.2, -0.15) is 13.2 Å². The molecule has 1 aromatic rings. The summed E-state index contributed by atoms with van der Waals surface area (Å²) in [6, 6.07) is 5.25. The first-order chi connectivity index (χ1) is 8.62. The van der Waals surface area contributed by atoms with E-state index < -0.39 is 33.8 Å². The lowest BCUT2D eigenvalue weighted by Crippen LogP contribution is -2.44. The van der Waals surface area contributed by atoms with Crippen molar-refractivity contribution in [1.29, 1.82) is 0 Å². The maximum atomic E-state index is 12.2. The molecule has 0 fully saturated rings. The van der Waals surface area contributed by atoms with Gasteiger partial charge in [0.2, 0.25) is 10.0 Å². The minimum Gasteiger partial charge on any atom is -0.293 e. The van der Waals surface area contributed by atoms with E-state index in [4.69, 9.17) is 0 Å². The number of alkyl halides is 3. The first kappa shape index (κ1) is 15.6. The molecule has 0 amide bonds. The molecule has 106 valence electrons. The molecule has 0 aliphatic carbocycles. The molecule has 0 saturated carbocycles. The van der Waals surface area contributed by atoms with Gasteiger partial charge in [0.25, 0.3) is 0 Å². The highest BCUT2D eigenvalue weighted by atomic mass is 32.2. The molecule has 0 aromatic heterocycles. The van der Waals surface area contributed by atoms with Crippen LogP contribution in [0.1, 0.15) is 17.3 Å². The number of nitrogens with one attached hydrogen (secondary N) is 1. The average molecular weight is 295 g/mol. The summed E-state index contributed by atoms with van der Waals surface area (Å²) in [5, 5.41) is 0. The highest BCUT2D eigenvalue weighted by Crippen LogP contribution is 2.20. The van der Waals surface area contributed by atoms with Crippen LogP contribution in [0.2, 0.25) is 0 Å². The second-order valence-electron chi connectivity index (χ2n) is 3.93. The van der Waals surface area contributed by atoms with E-state index in [1.807, 2.05) is 0 Å². The van der Waals surface area contributed by atoms with Gasteiger partial charge in [-0.3, -0.25) is 4.79 Å². The van der Waals surface area contributed by atoms with Gasteiger partial charge in [-0.15, -0.1) is 0 Å². The van der Waals surface area contributed by atoms with Gasteiger partial charge in [0.15, 0.2) is 5.78 Å². The zero-order chi connectivity index (χ0) is 14.7. The third-order valence-electron chi connectivity index (χ3n) is 2.26. The Morgan fingerprint density at radius 3 is 2.26 bits per heavy atom. The van der Waals surface area contributed by atoms with E-state index in [1.165, 1.54) is 29.0 Å². The van der Waals surface area contributed by atoms with E-state index in [9.17, 15) is 26.4 Å². The molecule has 1 atom stereocenters. The van der Waals surface area contributed by atoms with Crippen molar-refractivity contribution in [2.75, 3.05) is 5.75 Å². The Labute approximate surface area is 108 Å². The Balaban J connectivity index is 2.74. The SMILES string of the molecule is CC(NS(=O)(=O)CC(=O)c1ccccc1)C(F)(F)F. The zero-order valence-corrected chi connectivity index (χ0v) is 10.8. The predicted octanol–water partition coefficient (Wildman–Crippen LogP) is 1.74. The van der Waals surface area contributed by atoms with Gasteiger partial charge in [-0.05, 0) is 6.92 Å². The standard InChI is InChI=1S/C11H12F3NO3S/c1-8(11(12,13)14)15-19(17,18)7-10(16)9-5-3-2-4-6-9/h2-6,8,15H,7H2,1H3. The van der Waals surface area contributed by atoms with Crippen molar-refractivity contribution in [3.8, 4) is 0 Å². The Hall–Kier alpha value is -1.41. The third kappa shape index (κ3) is 4.99. The van der Waals surface area contributed by atoms with Crippen LogP contribution < -0.4 is 4.72 Å². The molecule has 0 heterocycles. The Morgan fingerprint density at radius 1 is 1.26 bits per heavy atom. The lowest BCUT2D eigenvalue weighted by Gasteiger charge is -2.16. The highest BCUT2D eigenvalue weighted by Gasteiger charge is 2.38. The van der Waals surface area contributed by atoms with Crippen molar-refractivity contribution in [1.82, 2.24) is 4.72 Å². The zero-order valence-electron chi connectivity index (χ0n) is 9.94. The molecule has 19 heavy (non-hydrogen) atoms. The predicted molar refractivity (Wildman–Crippen MR) is 63.2 cm³/mol. The molecule has 0 aliphatic heterocycles. The van der Waals surface area contributed by atoms with Crippen LogP contribution >= 0.6 is 0 Å². The molecule has 8 heteroatoms. The number of benzene rings is 1. The second-order valence-corrected chi connectivity index (χ2v) is 5.68. The maximum Gasteiger partial charge on any atom is 0.404 e. The van der Waals surface area contributed by atoms with E-state index in [0.29, 0.717) is 6.92 Å². The molecule has 0 spiro atoms. The van der Waals surface area contributed by atoms with Crippen molar-refractivity contribution in [3.05, 3.63) is 35.9 Å². The fourth-order valence-corrected chi connectivity index (χ4v) is 2.53. The molecule has 1 N–H and O–H groups in total. The normalized spacial score (nSPS) is 14.1. The molecule has 1 unspecified atom stereocenters. The van der Waals surface area contributed by atoms with Crippen molar-refractivity contribution in [2.24, 2.45) is 0 Å². The number of sulfonamides is 1. The lowest BCUT2D eigenvalue weighted by atomic mass is 10.2. The van der Waals surface area contributed by atoms with Crippen molar-refractivity contribution < 1.29 is 26.4 Å². The number of halogens is 3. The molecule has 4 nitrogen and oxygen atoms in total. The van der Waals surface area contributed by atoms with Crippen LogP contribution in [0.3, 0.4) is 0 Å². The quantitative estimate of drug-likeness (QED) is 0.842. The summed E-state index contributed by atoms with van der Waals surface area (Å²) in [5.41, 5.74) is 0.132. The summed E-state index contributed by atoms with van der Waals surface area (Å²) < 4.78 is 61.0. The Kier molecular flexibility index (Phi) is 4.70. The van der Waals surface area contributed by atoms with Crippen LogP contribution in [0, 0.1) is 0 Å². The lowest BCUT2D eigenvalue weighted by molar-refractivity contribution is -0.147. The largest absolute Gasteiger partial charge is 0.404 e. The highest BCUT2D eigenvalue weighted by molar-refractivity contribution is 7.90. The second kappa shape index (κ2) is 5.70. The van der Waals surface area contributed by atoms with Gasteiger partial charge in [-0.1, -0.05) is 30.3 Å². The summed E-state index contributed by atoms with van der Waals surface area (Å²) in [5.74, 6) is -1.78. The smallest absolute Gasteiger partial charge is 0.293 e. The van der Waals surface area contributed by atoms with E-state index >= 15 is 0 Å². The number of carbonyl (C=O) groups is 1. The molecular weight excluding hydrogens is 283 g/mol. The summed E-state index contributed by atoms with van der Waals surface area (Å²) in [6.45, 7) is 0.671. The summed E-state index contributed by atoms with van der Waals surface area (Å²) >= 11 is 0. The molecule has 1 aromatic carbocycles. The van der Waals surface area contributed by atoms with Crippen LogP contribution in [-0.4, -0.2) is 32.2 Å². The molecule has 0 bridgehead atoms.